The van der Waals surface area contributed by atoms with Crippen LogP contribution in [0.4, 0.5) is 5.69 Å². The van der Waals surface area contributed by atoms with Crippen LogP contribution in [0, 0.1) is 18.8 Å². The largest absolute Gasteiger partial charge is 0.384 e. The molecule has 0 bridgehead atoms. The summed E-state index contributed by atoms with van der Waals surface area (Å²) in [5.74, 6) is 5.64. The highest BCUT2D eigenvalue weighted by Gasteiger charge is 2.05. The summed E-state index contributed by atoms with van der Waals surface area (Å²) in [6, 6.07) is 5.72. The van der Waals surface area contributed by atoms with E-state index >= 15 is 0 Å². The van der Waals surface area contributed by atoms with Crippen LogP contribution in [0.5, 0.6) is 0 Å². The molecule has 0 heterocycles. The number of anilines is 1. The van der Waals surface area contributed by atoms with Crippen molar-refractivity contribution in [2.24, 2.45) is 5.73 Å². The fourth-order valence-electron chi connectivity index (χ4n) is 1.42. The second-order valence-electron chi connectivity index (χ2n) is 3.85. The van der Waals surface area contributed by atoms with E-state index in [1.165, 1.54) is 0 Å². The third-order valence-electron chi connectivity index (χ3n) is 2.31. The lowest BCUT2D eigenvalue weighted by Crippen LogP contribution is -2.14. The molecule has 0 spiro atoms. The van der Waals surface area contributed by atoms with E-state index in [0.29, 0.717) is 19.6 Å². The Kier molecular flexibility index (Phi) is 5.92. The average Bonchev–Trinajstić information content (AvgIpc) is 2.35. The zero-order valence-electron chi connectivity index (χ0n) is 10.7. The minimum Gasteiger partial charge on any atom is -0.384 e. The van der Waals surface area contributed by atoms with E-state index in [1.807, 2.05) is 25.1 Å². The third-order valence-corrected chi connectivity index (χ3v) is 2.31. The SMILES string of the molecule is COCCC(=O)Nc1cc(C)ccc1C#CCN. The summed E-state index contributed by atoms with van der Waals surface area (Å²) in [7, 11) is 1.57. The van der Waals surface area contributed by atoms with Crippen LogP contribution < -0.4 is 11.1 Å². The van der Waals surface area contributed by atoms with Crippen molar-refractivity contribution in [2.45, 2.75) is 13.3 Å². The van der Waals surface area contributed by atoms with Crippen LogP contribution in [-0.2, 0) is 9.53 Å². The molecule has 0 aromatic heterocycles. The van der Waals surface area contributed by atoms with Crippen LogP contribution >= 0.6 is 0 Å². The lowest BCUT2D eigenvalue weighted by Gasteiger charge is -2.08. The number of nitrogens with one attached hydrogen (secondary N) is 1. The molecule has 0 unspecified atom stereocenters. The molecule has 0 aliphatic rings. The maximum Gasteiger partial charge on any atom is 0.226 e. The zero-order valence-corrected chi connectivity index (χ0v) is 10.7. The molecule has 3 N–H and O–H groups in total. The van der Waals surface area contributed by atoms with Crippen LogP contribution in [0.1, 0.15) is 17.5 Å². The summed E-state index contributed by atoms with van der Waals surface area (Å²) in [5.41, 5.74) is 7.91. The standard InChI is InChI=1S/C14H18N2O2/c1-11-5-6-12(4-3-8-15)13(10-11)16-14(17)7-9-18-2/h5-6,10H,7-9,15H2,1-2H3,(H,16,17). The van der Waals surface area contributed by atoms with Crippen molar-refractivity contribution in [1.29, 1.82) is 0 Å². The molecule has 0 radical (unpaired) electrons. The summed E-state index contributed by atoms with van der Waals surface area (Å²) >= 11 is 0. The van der Waals surface area contributed by atoms with E-state index in [0.717, 1.165) is 16.8 Å². The Hall–Kier alpha value is -1.83. The molecule has 1 aromatic carbocycles. The van der Waals surface area contributed by atoms with Crippen molar-refractivity contribution in [3.63, 3.8) is 0 Å². The van der Waals surface area contributed by atoms with Gasteiger partial charge >= 0.3 is 0 Å². The number of amides is 1. The van der Waals surface area contributed by atoms with Crippen LogP contribution in [0.15, 0.2) is 18.2 Å². The van der Waals surface area contributed by atoms with Gasteiger partial charge in [0.2, 0.25) is 5.91 Å². The molecular formula is C14H18N2O2. The molecule has 4 nitrogen and oxygen atoms in total. The fraction of sp³-hybridized carbons (Fsp3) is 0.357. The minimum absolute atomic E-state index is 0.0850. The number of carbonyl (C=O) groups excluding carboxylic acids is 1. The van der Waals surface area contributed by atoms with E-state index in [2.05, 4.69) is 17.2 Å². The molecule has 4 heteroatoms. The van der Waals surface area contributed by atoms with Crippen molar-refractivity contribution in [3.8, 4) is 11.8 Å². The first-order valence-corrected chi connectivity index (χ1v) is 5.75. The average molecular weight is 246 g/mol. The first-order valence-electron chi connectivity index (χ1n) is 5.75. The topological polar surface area (TPSA) is 64.3 Å². The predicted molar refractivity (Wildman–Crippen MR) is 72.2 cm³/mol. The number of carbonyl (C=O) groups is 1. The first-order chi connectivity index (χ1) is 8.67. The molecule has 96 valence electrons. The second kappa shape index (κ2) is 7.49. The van der Waals surface area contributed by atoms with Crippen LogP contribution in [0.2, 0.25) is 0 Å². The highest BCUT2D eigenvalue weighted by Crippen LogP contribution is 2.16. The maximum atomic E-state index is 11.6. The van der Waals surface area contributed by atoms with Gasteiger partial charge in [-0.1, -0.05) is 17.9 Å². The van der Waals surface area contributed by atoms with E-state index in [4.69, 9.17) is 10.5 Å². The highest BCUT2D eigenvalue weighted by atomic mass is 16.5. The Balaban J connectivity index is 2.85. The van der Waals surface area contributed by atoms with E-state index in [-0.39, 0.29) is 5.91 Å². The van der Waals surface area contributed by atoms with Gasteiger partial charge in [-0.3, -0.25) is 4.79 Å². The van der Waals surface area contributed by atoms with Crippen LogP contribution in [0.3, 0.4) is 0 Å². The molecule has 1 aromatic rings. The lowest BCUT2D eigenvalue weighted by molar-refractivity contribution is -0.117. The van der Waals surface area contributed by atoms with Gasteiger partial charge in [0.25, 0.3) is 0 Å². The molecule has 0 fully saturated rings. The normalized spacial score (nSPS) is 9.50. The van der Waals surface area contributed by atoms with Crippen molar-refractivity contribution in [2.75, 3.05) is 25.6 Å². The molecule has 0 aliphatic carbocycles. The Morgan fingerprint density at radius 2 is 2.28 bits per heavy atom. The van der Waals surface area contributed by atoms with Crippen LogP contribution in [0.25, 0.3) is 0 Å². The predicted octanol–water partition coefficient (Wildman–Crippen LogP) is 1.28. The monoisotopic (exact) mass is 246 g/mol. The smallest absolute Gasteiger partial charge is 0.226 e. The quantitative estimate of drug-likeness (QED) is 0.787. The number of methoxy groups -OCH3 is 1. The van der Waals surface area contributed by atoms with Gasteiger partial charge in [-0.05, 0) is 24.6 Å². The zero-order chi connectivity index (χ0) is 13.4. The Labute approximate surface area is 108 Å². The Bertz CT molecular complexity index is 472. The second-order valence-corrected chi connectivity index (χ2v) is 3.85. The molecule has 0 aliphatic heterocycles. The number of hydrogen-bond donors (Lipinski definition) is 2. The molecule has 1 rings (SSSR count). The van der Waals surface area contributed by atoms with Gasteiger partial charge < -0.3 is 15.8 Å². The van der Waals surface area contributed by atoms with E-state index in [9.17, 15) is 4.79 Å². The molecule has 18 heavy (non-hydrogen) atoms. The third kappa shape index (κ3) is 4.58. The Morgan fingerprint density at radius 1 is 1.50 bits per heavy atom. The summed E-state index contributed by atoms with van der Waals surface area (Å²) in [6.45, 7) is 2.66. The van der Waals surface area contributed by atoms with Gasteiger partial charge in [0.1, 0.15) is 0 Å². The van der Waals surface area contributed by atoms with Gasteiger partial charge in [0, 0.05) is 12.7 Å². The molecule has 0 atom stereocenters. The minimum atomic E-state index is -0.0850. The van der Waals surface area contributed by atoms with Crippen molar-refractivity contribution < 1.29 is 9.53 Å². The van der Waals surface area contributed by atoms with Gasteiger partial charge in [-0.15, -0.1) is 0 Å². The van der Waals surface area contributed by atoms with Gasteiger partial charge in [0.15, 0.2) is 0 Å². The molecular weight excluding hydrogens is 228 g/mol. The van der Waals surface area contributed by atoms with Gasteiger partial charge in [0.05, 0.1) is 25.3 Å². The number of ether oxygens (including phenoxy) is 1. The van der Waals surface area contributed by atoms with Crippen molar-refractivity contribution >= 4 is 11.6 Å². The summed E-state index contributed by atoms with van der Waals surface area (Å²) in [6.07, 6.45) is 0.328. The van der Waals surface area contributed by atoms with Crippen molar-refractivity contribution in [1.82, 2.24) is 0 Å². The summed E-state index contributed by atoms with van der Waals surface area (Å²) in [4.78, 5) is 11.6. The molecule has 1 amide bonds. The lowest BCUT2D eigenvalue weighted by atomic mass is 10.1. The van der Waals surface area contributed by atoms with Crippen LogP contribution in [-0.4, -0.2) is 26.2 Å². The fourth-order valence-corrected chi connectivity index (χ4v) is 1.42. The number of nitrogens with two attached hydrogens (primary N) is 1. The number of benzene rings is 1. The highest BCUT2D eigenvalue weighted by molar-refractivity contribution is 5.92. The number of rotatable bonds is 4. The van der Waals surface area contributed by atoms with E-state index in [1.54, 1.807) is 7.11 Å². The molecule has 0 saturated carbocycles. The van der Waals surface area contributed by atoms with Gasteiger partial charge in [-0.2, -0.15) is 0 Å². The van der Waals surface area contributed by atoms with Crippen molar-refractivity contribution in [3.05, 3.63) is 29.3 Å². The molecule has 0 saturated heterocycles. The first kappa shape index (κ1) is 14.2. The number of aryl methyl sites for hydroxylation is 1. The van der Waals surface area contributed by atoms with E-state index < -0.39 is 0 Å². The maximum absolute atomic E-state index is 11.6. The summed E-state index contributed by atoms with van der Waals surface area (Å²) in [5, 5.41) is 2.83. The summed E-state index contributed by atoms with van der Waals surface area (Å²) < 4.78 is 4.86. The number of hydrogen-bond acceptors (Lipinski definition) is 3. The Morgan fingerprint density at radius 3 is 2.94 bits per heavy atom. The van der Waals surface area contributed by atoms with Gasteiger partial charge in [-0.25, -0.2) is 0 Å².